The van der Waals surface area contributed by atoms with Gasteiger partial charge in [0.2, 0.25) is 5.76 Å². The summed E-state index contributed by atoms with van der Waals surface area (Å²) in [5, 5.41) is 14.9. The molecule has 0 fully saturated rings. The van der Waals surface area contributed by atoms with Crippen molar-refractivity contribution in [2.75, 3.05) is 0 Å². The zero-order chi connectivity index (χ0) is 12.8. The first-order valence-corrected chi connectivity index (χ1v) is 5.51. The lowest BCUT2D eigenvalue weighted by Gasteiger charge is -2.12. The molecule has 0 radical (unpaired) electrons. The molecule has 1 amide bonds. The molecule has 1 rings (SSSR count). The van der Waals surface area contributed by atoms with Gasteiger partial charge in [0.25, 0.3) is 5.91 Å². The number of aromatic nitrogens is 1. The molecule has 17 heavy (non-hydrogen) atoms. The molecule has 0 aliphatic carbocycles. The first kappa shape index (κ1) is 13.2. The van der Waals surface area contributed by atoms with Crippen molar-refractivity contribution in [3.63, 3.8) is 0 Å². The molecule has 0 bridgehead atoms. The minimum atomic E-state index is -1.04. The minimum absolute atomic E-state index is 0.0326. The largest absolute Gasteiger partial charge is 0.480 e. The van der Waals surface area contributed by atoms with E-state index < -0.39 is 17.9 Å². The van der Waals surface area contributed by atoms with Crippen LogP contribution >= 0.6 is 0 Å². The molecule has 0 aliphatic rings. The number of hydrogen-bond donors (Lipinski definition) is 2. The van der Waals surface area contributed by atoms with Gasteiger partial charge >= 0.3 is 5.97 Å². The topological polar surface area (TPSA) is 92.4 Å². The predicted molar refractivity (Wildman–Crippen MR) is 59.7 cm³/mol. The number of hydrogen-bond acceptors (Lipinski definition) is 4. The van der Waals surface area contributed by atoms with Gasteiger partial charge in [0.1, 0.15) is 6.04 Å². The van der Waals surface area contributed by atoms with Crippen LogP contribution in [0.1, 0.15) is 42.4 Å². The van der Waals surface area contributed by atoms with E-state index in [9.17, 15) is 9.59 Å². The maximum atomic E-state index is 11.6. The van der Waals surface area contributed by atoms with E-state index in [0.717, 1.165) is 12.8 Å². The Morgan fingerprint density at radius 3 is 2.76 bits per heavy atom. The average Bonchev–Trinajstić information content (AvgIpc) is 2.70. The number of aryl methyl sites for hydroxylation is 1. The van der Waals surface area contributed by atoms with Gasteiger partial charge in [-0.15, -0.1) is 0 Å². The highest BCUT2D eigenvalue weighted by Gasteiger charge is 2.21. The minimum Gasteiger partial charge on any atom is -0.480 e. The smallest absolute Gasteiger partial charge is 0.326 e. The van der Waals surface area contributed by atoms with Gasteiger partial charge < -0.3 is 14.9 Å². The van der Waals surface area contributed by atoms with Crippen LogP contribution in [-0.4, -0.2) is 28.2 Å². The molecular formula is C11H16N2O4. The summed E-state index contributed by atoms with van der Waals surface area (Å²) in [6.07, 6.45) is 2.03. The third kappa shape index (κ3) is 3.90. The molecule has 1 heterocycles. The summed E-state index contributed by atoms with van der Waals surface area (Å²) in [5.41, 5.74) is 0.579. The van der Waals surface area contributed by atoms with Crippen molar-refractivity contribution in [3.8, 4) is 0 Å². The highest BCUT2D eigenvalue weighted by Crippen LogP contribution is 2.05. The molecule has 6 heteroatoms. The maximum Gasteiger partial charge on any atom is 0.326 e. The first-order valence-electron chi connectivity index (χ1n) is 5.51. The number of amides is 1. The molecular weight excluding hydrogens is 224 g/mol. The molecule has 1 aromatic heterocycles. The first-order chi connectivity index (χ1) is 8.04. The fourth-order valence-corrected chi connectivity index (χ4v) is 1.37. The average molecular weight is 240 g/mol. The fraction of sp³-hybridized carbons (Fsp3) is 0.545. The van der Waals surface area contributed by atoms with Gasteiger partial charge in [0.05, 0.1) is 5.69 Å². The Morgan fingerprint density at radius 1 is 1.59 bits per heavy atom. The molecule has 2 N–H and O–H groups in total. The highest BCUT2D eigenvalue weighted by molar-refractivity contribution is 5.94. The number of nitrogens with one attached hydrogen (secondary N) is 1. The summed E-state index contributed by atoms with van der Waals surface area (Å²) in [4.78, 5) is 22.5. The number of carboxylic acid groups (broad SMARTS) is 1. The Balaban J connectivity index is 2.60. The van der Waals surface area contributed by atoms with Crippen molar-refractivity contribution in [3.05, 3.63) is 17.5 Å². The van der Waals surface area contributed by atoms with Crippen molar-refractivity contribution in [1.82, 2.24) is 10.5 Å². The van der Waals surface area contributed by atoms with E-state index in [1.165, 1.54) is 6.07 Å². The van der Waals surface area contributed by atoms with Gasteiger partial charge in [-0.3, -0.25) is 4.79 Å². The molecule has 0 aromatic carbocycles. The van der Waals surface area contributed by atoms with Gasteiger partial charge in [-0.2, -0.15) is 0 Å². The summed E-state index contributed by atoms with van der Waals surface area (Å²) >= 11 is 0. The van der Waals surface area contributed by atoms with Crippen LogP contribution in [0.5, 0.6) is 0 Å². The van der Waals surface area contributed by atoms with Crippen molar-refractivity contribution >= 4 is 11.9 Å². The fourth-order valence-electron chi connectivity index (χ4n) is 1.37. The third-order valence-electron chi connectivity index (χ3n) is 2.30. The van der Waals surface area contributed by atoms with Gasteiger partial charge in [-0.1, -0.05) is 24.9 Å². The Labute approximate surface area is 99.0 Å². The van der Waals surface area contributed by atoms with Gasteiger partial charge in [0.15, 0.2) is 0 Å². The van der Waals surface area contributed by atoms with Crippen LogP contribution in [0.2, 0.25) is 0 Å². The van der Waals surface area contributed by atoms with E-state index in [2.05, 4.69) is 10.5 Å². The molecule has 1 atom stereocenters. The summed E-state index contributed by atoms with van der Waals surface area (Å²) in [7, 11) is 0. The number of aliphatic carboxylic acids is 1. The summed E-state index contributed by atoms with van der Waals surface area (Å²) in [6.45, 7) is 3.65. The van der Waals surface area contributed by atoms with Crippen LogP contribution in [-0.2, 0) is 4.79 Å². The van der Waals surface area contributed by atoms with Crippen LogP contribution < -0.4 is 5.32 Å². The van der Waals surface area contributed by atoms with E-state index >= 15 is 0 Å². The zero-order valence-electron chi connectivity index (χ0n) is 9.90. The molecule has 6 nitrogen and oxygen atoms in total. The van der Waals surface area contributed by atoms with E-state index in [4.69, 9.17) is 9.63 Å². The standard InChI is InChI=1S/C11H16N2O4/c1-3-4-5-8(11(15)16)12-10(14)9-6-7(2)13-17-9/h6,8H,3-5H2,1-2H3,(H,12,14)(H,15,16)/t8-/m0/s1. The molecule has 0 saturated heterocycles. The molecule has 0 saturated carbocycles. The number of carbonyl (C=O) groups is 2. The van der Waals surface area contributed by atoms with Crippen LogP contribution in [0.25, 0.3) is 0 Å². The predicted octanol–water partition coefficient (Wildman–Crippen LogP) is 1.36. The van der Waals surface area contributed by atoms with Gasteiger partial charge in [0, 0.05) is 6.07 Å². The van der Waals surface area contributed by atoms with Crippen molar-refractivity contribution in [1.29, 1.82) is 0 Å². The Morgan fingerprint density at radius 2 is 2.29 bits per heavy atom. The molecule has 0 aliphatic heterocycles. The summed E-state index contributed by atoms with van der Waals surface area (Å²) in [6, 6.07) is 0.585. The molecule has 94 valence electrons. The number of unbranched alkanes of at least 4 members (excludes halogenated alkanes) is 1. The summed E-state index contributed by atoms with van der Waals surface area (Å²) < 4.78 is 4.76. The van der Waals surface area contributed by atoms with Gasteiger partial charge in [-0.05, 0) is 13.3 Å². The van der Waals surface area contributed by atoms with E-state index in [0.29, 0.717) is 12.1 Å². The monoisotopic (exact) mass is 240 g/mol. The third-order valence-corrected chi connectivity index (χ3v) is 2.30. The molecule has 0 spiro atoms. The number of nitrogens with zero attached hydrogens (tertiary/aromatic N) is 1. The number of carbonyl (C=O) groups excluding carboxylic acids is 1. The second-order valence-electron chi connectivity index (χ2n) is 3.84. The van der Waals surface area contributed by atoms with Gasteiger partial charge in [-0.25, -0.2) is 4.79 Å². The summed E-state index contributed by atoms with van der Waals surface area (Å²) in [5.74, 6) is -1.55. The number of rotatable bonds is 6. The molecule has 0 unspecified atom stereocenters. The lowest BCUT2D eigenvalue weighted by Crippen LogP contribution is -2.40. The van der Waals surface area contributed by atoms with Crippen molar-refractivity contribution in [2.45, 2.75) is 39.2 Å². The van der Waals surface area contributed by atoms with Crippen LogP contribution in [0.4, 0.5) is 0 Å². The second kappa shape index (κ2) is 6.03. The number of carboxylic acids is 1. The molecule has 1 aromatic rings. The van der Waals surface area contributed by atoms with E-state index in [1.54, 1.807) is 6.92 Å². The van der Waals surface area contributed by atoms with E-state index in [-0.39, 0.29) is 5.76 Å². The quantitative estimate of drug-likeness (QED) is 0.783. The normalized spacial score (nSPS) is 12.1. The Bertz CT molecular complexity index is 400. The lowest BCUT2D eigenvalue weighted by molar-refractivity contribution is -0.139. The SMILES string of the molecule is CCCC[C@H](NC(=O)c1cc(C)no1)C(=O)O. The lowest BCUT2D eigenvalue weighted by atomic mass is 10.1. The Kier molecular flexibility index (Phi) is 4.68. The van der Waals surface area contributed by atoms with Crippen LogP contribution in [0.15, 0.2) is 10.6 Å². The second-order valence-corrected chi connectivity index (χ2v) is 3.84. The maximum absolute atomic E-state index is 11.6. The van der Waals surface area contributed by atoms with Crippen LogP contribution in [0, 0.1) is 6.92 Å². The zero-order valence-corrected chi connectivity index (χ0v) is 9.90. The Hall–Kier alpha value is -1.85. The van der Waals surface area contributed by atoms with Crippen LogP contribution in [0.3, 0.4) is 0 Å². The van der Waals surface area contributed by atoms with Crippen molar-refractivity contribution < 1.29 is 19.2 Å². The van der Waals surface area contributed by atoms with E-state index in [1.807, 2.05) is 6.92 Å². The van der Waals surface area contributed by atoms with Crippen molar-refractivity contribution in [2.24, 2.45) is 0 Å². The highest BCUT2D eigenvalue weighted by atomic mass is 16.5.